The molecule has 1 heterocycles. The molecule has 2 rings (SSSR count). The van der Waals surface area contributed by atoms with Gasteiger partial charge < -0.3 is 10.5 Å². The molecule has 6 heteroatoms. The second-order valence-electron chi connectivity index (χ2n) is 5.01. The van der Waals surface area contributed by atoms with Crippen LogP contribution in [0.1, 0.15) is 25.5 Å². The minimum Gasteiger partial charge on any atom is -0.492 e. The van der Waals surface area contributed by atoms with Crippen molar-refractivity contribution in [2.75, 3.05) is 6.61 Å². The first-order valence-corrected chi connectivity index (χ1v) is 7.20. The Labute approximate surface area is 129 Å². The monoisotopic (exact) mass is 305 g/mol. The number of aromatic nitrogens is 2. The number of imidazole rings is 1. The van der Waals surface area contributed by atoms with Crippen molar-refractivity contribution in [3.05, 3.63) is 52.7 Å². The van der Waals surface area contributed by atoms with Gasteiger partial charge in [-0.2, -0.15) is 0 Å². The second-order valence-corrected chi connectivity index (χ2v) is 5.45. The Balaban J connectivity index is 1.92. The molecule has 0 aliphatic heterocycles. The molecule has 2 N–H and O–H groups in total. The van der Waals surface area contributed by atoms with Crippen molar-refractivity contribution in [3.8, 4) is 5.75 Å². The van der Waals surface area contributed by atoms with Crippen molar-refractivity contribution in [2.45, 2.75) is 26.4 Å². The molecule has 0 saturated heterocycles. The molecule has 0 atom stereocenters. The van der Waals surface area contributed by atoms with E-state index in [1.54, 1.807) is 21.5 Å². The van der Waals surface area contributed by atoms with Crippen LogP contribution in [-0.4, -0.2) is 20.7 Å². The molecule has 0 bridgehead atoms. The number of hydrogen-bond donors (Lipinski definition) is 1. The van der Waals surface area contributed by atoms with Gasteiger partial charge in [-0.3, -0.25) is 9.13 Å². The Bertz CT molecular complexity index is 671. The Kier molecular flexibility index (Phi) is 4.80. The Hall–Kier alpha value is -2.08. The molecule has 1 aromatic heterocycles. The molecule has 2 aromatic rings. The third-order valence-corrected chi connectivity index (χ3v) is 3.41. The van der Waals surface area contributed by atoms with E-state index in [-0.39, 0.29) is 11.7 Å². The maximum Gasteiger partial charge on any atom is 0.328 e. The fraction of sp³-hybridized carbons (Fsp3) is 0.333. The highest BCUT2D eigenvalue weighted by atomic mass is 32.1. The largest absolute Gasteiger partial charge is 0.492 e. The van der Waals surface area contributed by atoms with Gasteiger partial charge in [0.15, 0.2) is 0 Å². The molecule has 0 aliphatic rings. The first-order valence-electron chi connectivity index (χ1n) is 6.79. The number of ether oxygens (including phenoxy) is 1. The third kappa shape index (κ3) is 3.72. The number of rotatable bonds is 6. The quantitative estimate of drug-likeness (QED) is 0.829. The van der Waals surface area contributed by atoms with Crippen LogP contribution in [0.2, 0.25) is 0 Å². The fourth-order valence-corrected chi connectivity index (χ4v) is 2.10. The van der Waals surface area contributed by atoms with E-state index in [0.29, 0.717) is 18.1 Å². The summed E-state index contributed by atoms with van der Waals surface area (Å²) in [5.41, 5.74) is 6.33. The van der Waals surface area contributed by atoms with Gasteiger partial charge in [0.25, 0.3) is 0 Å². The summed E-state index contributed by atoms with van der Waals surface area (Å²) in [4.78, 5) is 12.4. The van der Waals surface area contributed by atoms with E-state index >= 15 is 0 Å². The maximum absolute atomic E-state index is 12.0. The zero-order valence-corrected chi connectivity index (χ0v) is 13.0. The number of hydrogen-bond acceptors (Lipinski definition) is 3. The molecule has 0 saturated carbocycles. The van der Waals surface area contributed by atoms with Crippen molar-refractivity contribution in [3.63, 3.8) is 0 Å². The SMILES string of the molecule is CC(C)n1ccn(CCOc2ccc(C(N)=S)cc2)c1=O. The van der Waals surface area contributed by atoms with Crippen LogP contribution in [-0.2, 0) is 6.54 Å². The van der Waals surface area contributed by atoms with E-state index in [1.165, 1.54) is 0 Å². The van der Waals surface area contributed by atoms with E-state index < -0.39 is 0 Å². The highest BCUT2D eigenvalue weighted by molar-refractivity contribution is 7.80. The average molecular weight is 305 g/mol. The number of thiocarbonyl (C=S) groups is 1. The Morgan fingerprint density at radius 2 is 1.95 bits per heavy atom. The van der Waals surface area contributed by atoms with Gasteiger partial charge >= 0.3 is 5.69 Å². The Morgan fingerprint density at radius 1 is 1.29 bits per heavy atom. The van der Waals surface area contributed by atoms with E-state index in [1.807, 2.05) is 38.1 Å². The molecule has 21 heavy (non-hydrogen) atoms. The normalized spacial score (nSPS) is 10.8. The van der Waals surface area contributed by atoms with Crippen molar-refractivity contribution >= 4 is 17.2 Å². The predicted molar refractivity (Wildman–Crippen MR) is 86.9 cm³/mol. The highest BCUT2D eigenvalue weighted by Gasteiger charge is 2.06. The molecular weight excluding hydrogens is 286 g/mol. The summed E-state index contributed by atoms with van der Waals surface area (Å²) in [7, 11) is 0. The zero-order valence-electron chi connectivity index (χ0n) is 12.2. The van der Waals surface area contributed by atoms with Gasteiger partial charge in [-0.1, -0.05) is 12.2 Å². The van der Waals surface area contributed by atoms with Crippen LogP contribution in [0.5, 0.6) is 5.75 Å². The number of nitrogens with zero attached hydrogens (tertiary/aromatic N) is 2. The summed E-state index contributed by atoms with van der Waals surface area (Å²) >= 11 is 4.89. The molecule has 5 nitrogen and oxygen atoms in total. The van der Waals surface area contributed by atoms with Crippen molar-refractivity contribution in [2.24, 2.45) is 5.73 Å². The van der Waals surface area contributed by atoms with Crippen LogP contribution in [0.25, 0.3) is 0 Å². The maximum atomic E-state index is 12.0. The lowest BCUT2D eigenvalue weighted by Gasteiger charge is -2.08. The van der Waals surface area contributed by atoms with Gasteiger partial charge in [0, 0.05) is 24.0 Å². The summed E-state index contributed by atoms with van der Waals surface area (Å²) in [6.45, 7) is 4.89. The lowest BCUT2D eigenvalue weighted by molar-refractivity contribution is 0.295. The van der Waals surface area contributed by atoms with E-state index in [4.69, 9.17) is 22.7 Å². The summed E-state index contributed by atoms with van der Waals surface area (Å²) in [6.07, 6.45) is 3.58. The van der Waals surface area contributed by atoms with E-state index in [0.717, 1.165) is 11.3 Å². The van der Waals surface area contributed by atoms with Crippen LogP contribution < -0.4 is 16.2 Å². The molecule has 0 radical (unpaired) electrons. The number of benzene rings is 1. The molecule has 0 fully saturated rings. The van der Waals surface area contributed by atoms with Gasteiger partial charge in [-0.15, -0.1) is 0 Å². The van der Waals surface area contributed by atoms with Gasteiger partial charge in [0.2, 0.25) is 0 Å². The fourth-order valence-electron chi connectivity index (χ4n) is 1.97. The van der Waals surface area contributed by atoms with Gasteiger partial charge in [0.05, 0.1) is 6.54 Å². The summed E-state index contributed by atoms with van der Waals surface area (Å²) in [5, 5.41) is 0. The predicted octanol–water partition coefficient (Wildman–Crippen LogP) is 1.94. The van der Waals surface area contributed by atoms with Gasteiger partial charge in [-0.25, -0.2) is 4.79 Å². The summed E-state index contributed by atoms with van der Waals surface area (Å²) in [6, 6.07) is 7.43. The number of nitrogens with two attached hydrogens (primary N) is 1. The molecular formula is C15H19N3O2S. The Morgan fingerprint density at radius 3 is 2.48 bits per heavy atom. The van der Waals surface area contributed by atoms with Gasteiger partial charge in [0.1, 0.15) is 17.3 Å². The standard InChI is InChI=1S/C15H19N3O2S/c1-11(2)18-8-7-17(15(18)19)9-10-20-13-5-3-12(4-6-13)14(16)21/h3-8,11H,9-10H2,1-2H3,(H2,16,21). The minimum atomic E-state index is -0.0163. The van der Waals surface area contributed by atoms with Crippen LogP contribution >= 0.6 is 12.2 Å². The van der Waals surface area contributed by atoms with E-state index in [2.05, 4.69) is 0 Å². The van der Waals surface area contributed by atoms with E-state index in [9.17, 15) is 4.79 Å². The second kappa shape index (κ2) is 6.58. The van der Waals surface area contributed by atoms with Crippen LogP contribution in [0.15, 0.2) is 41.5 Å². The lowest BCUT2D eigenvalue weighted by Crippen LogP contribution is -2.26. The first-order chi connectivity index (χ1) is 9.99. The molecule has 0 spiro atoms. The average Bonchev–Trinajstić information content (AvgIpc) is 2.81. The van der Waals surface area contributed by atoms with Crippen LogP contribution in [0, 0.1) is 0 Å². The summed E-state index contributed by atoms with van der Waals surface area (Å²) in [5.74, 6) is 0.728. The smallest absolute Gasteiger partial charge is 0.328 e. The molecule has 0 aliphatic carbocycles. The van der Waals surface area contributed by atoms with Crippen molar-refractivity contribution in [1.82, 2.24) is 9.13 Å². The van der Waals surface area contributed by atoms with Crippen molar-refractivity contribution < 1.29 is 4.74 Å². The molecule has 1 aromatic carbocycles. The van der Waals surface area contributed by atoms with Crippen LogP contribution in [0.4, 0.5) is 0 Å². The highest BCUT2D eigenvalue weighted by Crippen LogP contribution is 2.12. The lowest BCUT2D eigenvalue weighted by atomic mass is 10.2. The van der Waals surface area contributed by atoms with Crippen LogP contribution in [0.3, 0.4) is 0 Å². The molecule has 112 valence electrons. The third-order valence-electron chi connectivity index (χ3n) is 3.17. The van der Waals surface area contributed by atoms with Crippen molar-refractivity contribution in [1.29, 1.82) is 0 Å². The molecule has 0 amide bonds. The zero-order chi connectivity index (χ0) is 15.4. The first kappa shape index (κ1) is 15.3. The topological polar surface area (TPSA) is 62.2 Å². The minimum absolute atomic E-state index is 0.0163. The molecule has 0 unspecified atom stereocenters. The van der Waals surface area contributed by atoms with Gasteiger partial charge in [-0.05, 0) is 38.1 Å². The summed E-state index contributed by atoms with van der Waals surface area (Å²) < 4.78 is 8.95.